The van der Waals surface area contributed by atoms with Crippen molar-refractivity contribution in [2.45, 2.75) is 13.2 Å². The summed E-state index contributed by atoms with van der Waals surface area (Å²) in [6, 6.07) is 12.3. The van der Waals surface area contributed by atoms with Gasteiger partial charge in [0.25, 0.3) is 0 Å². The fourth-order valence-corrected chi connectivity index (χ4v) is 3.00. The number of halogens is 1. The molecule has 1 heterocycles. The smallest absolute Gasteiger partial charge is 0.193 e. The lowest BCUT2D eigenvalue weighted by atomic mass is 10.2. The van der Waals surface area contributed by atoms with E-state index in [1.54, 1.807) is 7.05 Å². The average Bonchev–Trinajstić information content (AvgIpc) is 2.89. The van der Waals surface area contributed by atoms with Crippen LogP contribution in [0.2, 0.25) is 0 Å². The molecule has 2 rings (SSSR count). The van der Waals surface area contributed by atoms with Crippen LogP contribution < -0.4 is 5.32 Å². The van der Waals surface area contributed by atoms with Gasteiger partial charge in [-0.25, -0.2) is 0 Å². The Morgan fingerprint density at radius 2 is 2.08 bits per heavy atom. The van der Waals surface area contributed by atoms with Crippen molar-refractivity contribution in [3.63, 3.8) is 0 Å². The molecule has 6 heteroatoms. The van der Waals surface area contributed by atoms with Crippen molar-refractivity contribution in [1.29, 1.82) is 0 Å². The first kappa shape index (κ1) is 18.5. The maximum absolute atomic E-state index is 5.69. The van der Waals surface area contributed by atoms with Gasteiger partial charge in [0.2, 0.25) is 0 Å². The molecule has 0 aliphatic carbocycles. The van der Waals surface area contributed by atoms with Gasteiger partial charge < -0.3 is 19.5 Å². The lowest BCUT2D eigenvalue weighted by Crippen LogP contribution is -2.40. The van der Waals surface area contributed by atoms with Crippen LogP contribution in [0.25, 0.3) is 0 Å². The fraction of sp³-hybridized carbons (Fsp3) is 0.389. The zero-order valence-electron chi connectivity index (χ0n) is 14.5. The van der Waals surface area contributed by atoms with Gasteiger partial charge in [-0.2, -0.15) is 0 Å². The van der Waals surface area contributed by atoms with Crippen LogP contribution >= 0.6 is 15.9 Å². The van der Waals surface area contributed by atoms with E-state index < -0.39 is 0 Å². The predicted octanol–water partition coefficient (Wildman–Crippen LogP) is 3.01. The number of guanidine groups is 1. The highest BCUT2D eigenvalue weighted by molar-refractivity contribution is 9.10. The second-order valence-electron chi connectivity index (χ2n) is 5.63. The van der Waals surface area contributed by atoms with Gasteiger partial charge in [-0.3, -0.25) is 4.99 Å². The maximum Gasteiger partial charge on any atom is 0.193 e. The van der Waals surface area contributed by atoms with Crippen molar-refractivity contribution in [3.8, 4) is 0 Å². The molecule has 0 saturated carbocycles. The molecule has 0 aliphatic heterocycles. The van der Waals surface area contributed by atoms with E-state index in [1.807, 2.05) is 32.3 Å². The number of benzene rings is 1. The fourth-order valence-electron chi connectivity index (χ4n) is 2.43. The molecule has 0 saturated heterocycles. The molecular weight excluding hydrogens is 368 g/mol. The van der Waals surface area contributed by atoms with Gasteiger partial charge in [0.15, 0.2) is 5.96 Å². The quantitative estimate of drug-likeness (QED) is 0.447. The van der Waals surface area contributed by atoms with Gasteiger partial charge in [0.1, 0.15) is 0 Å². The third kappa shape index (κ3) is 5.69. The van der Waals surface area contributed by atoms with Crippen molar-refractivity contribution >= 4 is 21.9 Å². The van der Waals surface area contributed by atoms with Crippen molar-refractivity contribution in [2.75, 3.05) is 27.2 Å². The Bertz CT molecular complexity index is 654. The number of nitrogens with one attached hydrogen (secondary N) is 1. The topological polar surface area (TPSA) is 41.8 Å². The molecule has 1 aromatic heterocycles. The molecule has 5 nitrogen and oxygen atoms in total. The highest BCUT2D eigenvalue weighted by Crippen LogP contribution is 2.14. The van der Waals surface area contributed by atoms with Crippen LogP contribution in [0.3, 0.4) is 0 Å². The highest BCUT2D eigenvalue weighted by atomic mass is 79.9. The number of hydrogen-bond donors (Lipinski definition) is 1. The van der Waals surface area contributed by atoms with Crippen LogP contribution in [0.1, 0.15) is 11.3 Å². The zero-order valence-corrected chi connectivity index (χ0v) is 16.1. The molecule has 0 radical (unpaired) electrons. The zero-order chi connectivity index (χ0) is 17.4. The molecule has 0 atom stereocenters. The largest absolute Gasteiger partial charge is 0.375 e. The van der Waals surface area contributed by atoms with Crippen LogP contribution in [0.4, 0.5) is 0 Å². The van der Waals surface area contributed by atoms with Crippen LogP contribution in [0, 0.1) is 0 Å². The summed E-state index contributed by atoms with van der Waals surface area (Å²) < 4.78 is 8.89. The third-order valence-corrected chi connectivity index (χ3v) is 4.12. The summed E-state index contributed by atoms with van der Waals surface area (Å²) in [6.07, 6.45) is 2.05. The minimum atomic E-state index is 0.633. The Kier molecular flexibility index (Phi) is 7.34. The molecule has 0 bridgehead atoms. The summed E-state index contributed by atoms with van der Waals surface area (Å²) in [7, 11) is 5.87. The van der Waals surface area contributed by atoms with E-state index in [9.17, 15) is 0 Å². The normalized spacial score (nSPS) is 11.6. The first-order valence-electron chi connectivity index (χ1n) is 7.94. The van der Waals surface area contributed by atoms with Crippen molar-refractivity contribution in [3.05, 3.63) is 58.3 Å². The molecule has 0 aliphatic rings. The number of aliphatic imine (C=N–C) groups is 1. The van der Waals surface area contributed by atoms with E-state index in [4.69, 9.17) is 4.74 Å². The van der Waals surface area contributed by atoms with E-state index in [-0.39, 0.29) is 0 Å². The summed E-state index contributed by atoms with van der Waals surface area (Å²) in [5.41, 5.74) is 2.40. The molecule has 24 heavy (non-hydrogen) atoms. The molecule has 0 amide bonds. The van der Waals surface area contributed by atoms with E-state index >= 15 is 0 Å². The Morgan fingerprint density at radius 3 is 2.71 bits per heavy atom. The Morgan fingerprint density at radius 1 is 1.33 bits per heavy atom. The monoisotopic (exact) mass is 392 g/mol. The van der Waals surface area contributed by atoms with Gasteiger partial charge in [-0.1, -0.05) is 30.3 Å². The van der Waals surface area contributed by atoms with Gasteiger partial charge in [-0.15, -0.1) is 0 Å². The SMILES string of the molecule is CN=C(NCCOCc1ccccc1)N(C)Cc1cc(Br)cn1C. The molecule has 1 N–H and O–H groups in total. The minimum Gasteiger partial charge on any atom is -0.375 e. The number of aryl methyl sites for hydroxylation is 1. The van der Waals surface area contributed by atoms with Gasteiger partial charge in [0, 0.05) is 44.1 Å². The summed E-state index contributed by atoms with van der Waals surface area (Å²) >= 11 is 3.50. The van der Waals surface area contributed by atoms with Crippen LogP contribution in [0.15, 0.2) is 52.1 Å². The summed E-state index contributed by atoms with van der Waals surface area (Å²) in [5.74, 6) is 0.857. The Hall–Kier alpha value is -1.79. The molecule has 1 aromatic carbocycles. The Balaban J connectivity index is 1.72. The molecule has 130 valence electrons. The van der Waals surface area contributed by atoms with E-state index in [0.717, 1.165) is 23.5 Å². The lowest BCUT2D eigenvalue weighted by molar-refractivity contribution is 0.125. The Labute approximate surface area is 152 Å². The minimum absolute atomic E-state index is 0.633. The molecule has 0 spiro atoms. The maximum atomic E-state index is 5.69. The standard InChI is InChI=1S/C18H25BrN4O/c1-20-18(23(3)13-17-11-16(19)12-22(17)2)21-9-10-24-14-15-7-5-4-6-8-15/h4-8,11-12H,9-10,13-14H2,1-3H3,(H,20,21). The first-order valence-corrected chi connectivity index (χ1v) is 8.73. The highest BCUT2D eigenvalue weighted by Gasteiger charge is 2.09. The third-order valence-electron chi connectivity index (χ3n) is 3.69. The lowest BCUT2D eigenvalue weighted by Gasteiger charge is -2.22. The van der Waals surface area contributed by atoms with Crippen molar-refractivity contribution in [1.82, 2.24) is 14.8 Å². The summed E-state index contributed by atoms with van der Waals surface area (Å²) in [4.78, 5) is 6.43. The summed E-state index contributed by atoms with van der Waals surface area (Å²) in [5, 5.41) is 3.33. The van der Waals surface area contributed by atoms with Crippen LogP contribution in [-0.4, -0.2) is 42.7 Å². The van der Waals surface area contributed by atoms with E-state index in [2.05, 4.69) is 60.1 Å². The molecule has 0 unspecified atom stereocenters. The number of hydrogen-bond acceptors (Lipinski definition) is 2. The van der Waals surface area contributed by atoms with Gasteiger partial charge in [-0.05, 0) is 27.6 Å². The predicted molar refractivity (Wildman–Crippen MR) is 102 cm³/mol. The molecular formula is C18H25BrN4O. The average molecular weight is 393 g/mol. The molecule has 0 fully saturated rings. The van der Waals surface area contributed by atoms with E-state index in [0.29, 0.717) is 13.2 Å². The number of aromatic nitrogens is 1. The second-order valence-corrected chi connectivity index (χ2v) is 6.54. The second kappa shape index (κ2) is 9.49. The summed E-state index contributed by atoms with van der Waals surface area (Å²) in [6.45, 7) is 2.78. The first-order chi connectivity index (χ1) is 11.6. The van der Waals surface area contributed by atoms with Gasteiger partial charge >= 0.3 is 0 Å². The van der Waals surface area contributed by atoms with Crippen LogP contribution in [0.5, 0.6) is 0 Å². The van der Waals surface area contributed by atoms with Gasteiger partial charge in [0.05, 0.1) is 19.8 Å². The van der Waals surface area contributed by atoms with E-state index in [1.165, 1.54) is 11.3 Å². The van der Waals surface area contributed by atoms with Crippen LogP contribution in [-0.2, 0) is 24.9 Å². The number of ether oxygens (including phenoxy) is 1. The number of rotatable bonds is 7. The number of nitrogens with zero attached hydrogens (tertiary/aromatic N) is 3. The van der Waals surface area contributed by atoms with Crippen molar-refractivity contribution in [2.24, 2.45) is 12.0 Å². The molecule has 2 aromatic rings. The van der Waals surface area contributed by atoms with Crippen molar-refractivity contribution < 1.29 is 4.74 Å².